The van der Waals surface area contributed by atoms with Crippen LogP contribution >= 0.6 is 34.4 Å². The van der Waals surface area contributed by atoms with E-state index in [0.717, 1.165) is 4.90 Å². The zero-order valence-electron chi connectivity index (χ0n) is 12.0. The third kappa shape index (κ3) is 4.80. The topological polar surface area (TPSA) is 101 Å². The minimum absolute atomic E-state index is 0.145. The first-order valence-corrected chi connectivity index (χ1v) is 9.68. The number of hydrogen-bond acceptors (Lipinski definition) is 6. The summed E-state index contributed by atoms with van der Waals surface area (Å²) in [5.41, 5.74) is 0. The summed E-state index contributed by atoms with van der Waals surface area (Å²) in [6.45, 7) is 0. The van der Waals surface area contributed by atoms with Gasteiger partial charge in [-0.2, -0.15) is 17.2 Å². The van der Waals surface area contributed by atoms with E-state index in [9.17, 15) is 27.1 Å². The molecule has 2 rings (SSSR count). The Hall–Kier alpha value is -1.44. The van der Waals surface area contributed by atoms with Gasteiger partial charge in [-0.3, -0.25) is 4.55 Å². The van der Waals surface area contributed by atoms with Crippen LogP contribution in [-0.4, -0.2) is 29.3 Å². The van der Waals surface area contributed by atoms with E-state index in [2.05, 4.69) is 4.74 Å². The lowest BCUT2D eigenvalue weighted by atomic mass is 10.3. The molecule has 0 heterocycles. The molecule has 0 spiro atoms. The van der Waals surface area contributed by atoms with Crippen molar-refractivity contribution in [1.82, 2.24) is 0 Å². The second-order valence-electron chi connectivity index (χ2n) is 4.57. The first-order valence-electron chi connectivity index (χ1n) is 6.34. The Balaban J connectivity index is 2.09. The van der Waals surface area contributed by atoms with Crippen LogP contribution in [0, 0.1) is 3.57 Å². The smallest absolute Gasteiger partial charge is 0.466 e. The normalized spacial score (nSPS) is 12.0. The molecule has 6 nitrogen and oxygen atoms in total. The molecule has 0 saturated carbocycles. The molecule has 0 aliphatic heterocycles. The van der Waals surface area contributed by atoms with E-state index in [1.165, 1.54) is 42.1 Å². The standard InChI is InChI=1S/C14H9F2IO6S2/c15-14(16,25(20,21)22)13(19)23-8-1-3-9(4-2-8)24-10-5-6-12(18)11(17)7-10/h1-7,18H,(H,20,21,22). The maximum atomic E-state index is 13.1. The van der Waals surface area contributed by atoms with E-state index in [1.807, 2.05) is 22.6 Å². The lowest BCUT2D eigenvalue weighted by Crippen LogP contribution is -2.40. The van der Waals surface area contributed by atoms with E-state index in [0.29, 0.717) is 8.47 Å². The molecule has 2 N–H and O–H groups in total. The molecule has 0 aromatic heterocycles. The SMILES string of the molecule is O=C(Oc1ccc(Sc2ccc(O)c(I)c2)cc1)C(F)(F)S(=O)(=O)O. The van der Waals surface area contributed by atoms with Crippen LogP contribution in [0.5, 0.6) is 11.5 Å². The van der Waals surface area contributed by atoms with Gasteiger partial charge in [0.25, 0.3) is 0 Å². The molecule has 0 unspecified atom stereocenters. The van der Waals surface area contributed by atoms with Crippen molar-refractivity contribution in [2.24, 2.45) is 0 Å². The molecule has 11 heteroatoms. The molecule has 0 atom stereocenters. The number of carbonyl (C=O) groups excluding carboxylic acids is 1. The molecule has 25 heavy (non-hydrogen) atoms. The van der Waals surface area contributed by atoms with E-state index >= 15 is 0 Å². The van der Waals surface area contributed by atoms with Crippen LogP contribution < -0.4 is 4.74 Å². The highest BCUT2D eigenvalue weighted by molar-refractivity contribution is 14.1. The molecule has 0 fully saturated rings. The number of carbonyl (C=O) groups is 1. The van der Waals surface area contributed by atoms with Crippen molar-refractivity contribution >= 4 is 50.4 Å². The Bertz CT molecular complexity index is 900. The fraction of sp³-hybridized carbons (Fsp3) is 0.0714. The zero-order valence-corrected chi connectivity index (χ0v) is 15.8. The van der Waals surface area contributed by atoms with Gasteiger partial charge in [-0.05, 0) is 65.1 Å². The van der Waals surface area contributed by atoms with Gasteiger partial charge >= 0.3 is 21.3 Å². The number of benzene rings is 2. The van der Waals surface area contributed by atoms with E-state index in [1.54, 1.807) is 12.1 Å². The summed E-state index contributed by atoms with van der Waals surface area (Å²) < 4.78 is 60.4. The molecular weight excluding hydrogens is 493 g/mol. The summed E-state index contributed by atoms with van der Waals surface area (Å²) in [6, 6.07) is 10.3. The summed E-state index contributed by atoms with van der Waals surface area (Å²) in [4.78, 5) is 12.7. The second kappa shape index (κ2) is 7.43. The number of ether oxygens (including phenoxy) is 1. The van der Waals surface area contributed by atoms with Gasteiger partial charge in [0.15, 0.2) is 0 Å². The zero-order chi connectivity index (χ0) is 18.8. The highest BCUT2D eigenvalue weighted by Gasteiger charge is 2.54. The fourth-order valence-electron chi connectivity index (χ4n) is 1.53. The van der Waals surface area contributed by atoms with Crippen LogP contribution in [0.2, 0.25) is 0 Å². The van der Waals surface area contributed by atoms with Crippen molar-refractivity contribution in [2.45, 2.75) is 15.0 Å². The van der Waals surface area contributed by atoms with Gasteiger partial charge in [0, 0.05) is 9.79 Å². The van der Waals surface area contributed by atoms with E-state index < -0.39 is 21.3 Å². The van der Waals surface area contributed by atoms with E-state index in [4.69, 9.17) is 4.55 Å². The number of aromatic hydroxyl groups is 1. The third-order valence-electron chi connectivity index (χ3n) is 2.75. The summed E-state index contributed by atoms with van der Waals surface area (Å²) in [6.07, 6.45) is 0. The van der Waals surface area contributed by atoms with Crippen molar-refractivity contribution < 1.29 is 36.4 Å². The lowest BCUT2D eigenvalue weighted by Gasteiger charge is -2.12. The van der Waals surface area contributed by atoms with Crippen LogP contribution in [0.15, 0.2) is 52.3 Å². The molecule has 0 radical (unpaired) electrons. The number of alkyl halides is 2. The molecule has 0 saturated heterocycles. The predicted octanol–water partition coefficient (Wildman–Crippen LogP) is 3.53. The van der Waals surface area contributed by atoms with Gasteiger partial charge in [0.05, 0.1) is 3.57 Å². The van der Waals surface area contributed by atoms with Crippen molar-refractivity contribution in [3.05, 3.63) is 46.0 Å². The number of phenolic OH excluding ortho intramolecular Hbond substituents is 1. The summed E-state index contributed by atoms with van der Waals surface area (Å²) in [7, 11) is -5.91. The van der Waals surface area contributed by atoms with Crippen molar-refractivity contribution in [3.8, 4) is 11.5 Å². The molecular formula is C14H9F2IO6S2. The number of halogens is 3. The number of rotatable bonds is 5. The first-order chi connectivity index (χ1) is 11.5. The highest BCUT2D eigenvalue weighted by atomic mass is 127. The van der Waals surface area contributed by atoms with Gasteiger partial charge in [-0.1, -0.05) is 11.8 Å². The average Bonchev–Trinajstić information content (AvgIpc) is 2.51. The van der Waals surface area contributed by atoms with Gasteiger partial charge in [-0.15, -0.1) is 0 Å². The molecule has 0 aliphatic carbocycles. The van der Waals surface area contributed by atoms with Crippen LogP contribution in [0.25, 0.3) is 0 Å². The Labute approximate surface area is 159 Å². The van der Waals surface area contributed by atoms with Crippen molar-refractivity contribution in [3.63, 3.8) is 0 Å². The van der Waals surface area contributed by atoms with Crippen LogP contribution in [0.1, 0.15) is 0 Å². The largest absolute Gasteiger partial charge is 0.507 e. The minimum Gasteiger partial charge on any atom is -0.507 e. The Morgan fingerprint density at radius 2 is 1.68 bits per heavy atom. The lowest BCUT2D eigenvalue weighted by molar-refractivity contribution is -0.151. The number of hydrogen-bond donors (Lipinski definition) is 2. The second-order valence-corrected chi connectivity index (χ2v) is 8.34. The maximum Gasteiger partial charge on any atom is 0.466 e. The summed E-state index contributed by atoms with van der Waals surface area (Å²) in [5, 5.41) is 4.41. The minimum atomic E-state index is -5.91. The predicted molar refractivity (Wildman–Crippen MR) is 93.5 cm³/mol. The van der Waals surface area contributed by atoms with Crippen LogP contribution in [-0.2, 0) is 14.9 Å². The van der Waals surface area contributed by atoms with Gasteiger partial charge in [-0.25, -0.2) is 4.79 Å². The molecule has 2 aromatic rings. The maximum absolute atomic E-state index is 13.1. The Morgan fingerprint density at radius 1 is 1.12 bits per heavy atom. The monoisotopic (exact) mass is 502 g/mol. The van der Waals surface area contributed by atoms with Gasteiger partial charge < -0.3 is 9.84 Å². The quantitative estimate of drug-likeness (QED) is 0.279. The third-order valence-corrected chi connectivity index (χ3v) is 5.43. The highest BCUT2D eigenvalue weighted by Crippen LogP contribution is 2.33. The van der Waals surface area contributed by atoms with Crippen molar-refractivity contribution in [2.75, 3.05) is 0 Å². The fourth-order valence-corrected chi connectivity index (χ4v) is 3.37. The van der Waals surface area contributed by atoms with Crippen LogP contribution in [0.3, 0.4) is 0 Å². The molecule has 2 aromatic carbocycles. The van der Waals surface area contributed by atoms with Gasteiger partial charge in [0.1, 0.15) is 11.5 Å². The number of phenols is 1. The van der Waals surface area contributed by atoms with Crippen molar-refractivity contribution in [1.29, 1.82) is 0 Å². The van der Waals surface area contributed by atoms with Crippen LogP contribution in [0.4, 0.5) is 8.78 Å². The number of esters is 1. The molecule has 0 aliphatic rings. The molecule has 0 amide bonds. The summed E-state index contributed by atoms with van der Waals surface area (Å²) in [5.74, 6) is -2.56. The summed E-state index contributed by atoms with van der Waals surface area (Å²) >= 11 is 3.27. The first kappa shape index (κ1) is 19.9. The molecule has 0 bridgehead atoms. The molecule has 134 valence electrons. The van der Waals surface area contributed by atoms with E-state index in [-0.39, 0.29) is 11.5 Å². The Morgan fingerprint density at radius 3 is 2.20 bits per heavy atom. The average molecular weight is 502 g/mol. The Kier molecular flexibility index (Phi) is 5.91. The van der Waals surface area contributed by atoms with Gasteiger partial charge in [0.2, 0.25) is 0 Å².